The summed E-state index contributed by atoms with van der Waals surface area (Å²) in [5.41, 5.74) is 0.320. The molecule has 4 rings (SSSR count). The minimum absolute atomic E-state index is 0.302. The first-order valence-electron chi connectivity index (χ1n) is 8.56. The number of benzene rings is 3. The lowest BCUT2D eigenvalue weighted by Gasteiger charge is -2.33. The first-order chi connectivity index (χ1) is 13.1. The van der Waals surface area contributed by atoms with E-state index >= 15 is 0 Å². The van der Waals surface area contributed by atoms with Gasteiger partial charge in [0.1, 0.15) is 0 Å². The molecule has 1 aliphatic rings. The number of hydrogen-bond acceptors (Lipinski definition) is 3. The summed E-state index contributed by atoms with van der Waals surface area (Å²) in [6, 6.07) is 22.3. The summed E-state index contributed by atoms with van der Waals surface area (Å²) in [6.45, 7) is 3.75. The van der Waals surface area contributed by atoms with Crippen LogP contribution in [0.15, 0.2) is 85.4 Å². The van der Waals surface area contributed by atoms with Crippen LogP contribution in [0.25, 0.3) is 6.08 Å². The number of carbonyl (C=O) groups excluding carboxylic acids is 2. The topological polar surface area (TPSA) is 57.6 Å². The van der Waals surface area contributed by atoms with Crippen LogP contribution in [-0.2, 0) is 5.72 Å². The van der Waals surface area contributed by atoms with Crippen molar-refractivity contribution in [2.75, 3.05) is 0 Å². The molecule has 0 aromatic heterocycles. The van der Waals surface area contributed by atoms with Crippen LogP contribution in [0.4, 0.5) is 0 Å². The fourth-order valence-corrected chi connectivity index (χ4v) is 3.46. The third-order valence-corrected chi connectivity index (χ3v) is 4.81. The molecule has 4 nitrogen and oxygen atoms in total. The van der Waals surface area contributed by atoms with E-state index < -0.39 is 17.5 Å². The second-order valence-corrected chi connectivity index (χ2v) is 6.36. The lowest BCUT2D eigenvalue weighted by molar-refractivity contribution is -0.0362. The summed E-state index contributed by atoms with van der Waals surface area (Å²) < 4.78 is 0. The molecular formula is C23H17NO3. The average molecular weight is 355 g/mol. The predicted octanol–water partition coefficient (Wildman–Crippen LogP) is 3.82. The minimum atomic E-state index is -1.89. The van der Waals surface area contributed by atoms with Gasteiger partial charge in [-0.3, -0.25) is 9.59 Å². The maximum atomic E-state index is 13.2. The molecule has 1 N–H and O–H groups in total. The van der Waals surface area contributed by atoms with Crippen LogP contribution in [-0.4, -0.2) is 21.8 Å². The van der Waals surface area contributed by atoms with Crippen molar-refractivity contribution in [1.29, 1.82) is 0 Å². The van der Waals surface area contributed by atoms with E-state index in [0.29, 0.717) is 22.3 Å². The van der Waals surface area contributed by atoms with E-state index in [1.165, 1.54) is 0 Å². The highest BCUT2D eigenvalue weighted by Gasteiger charge is 2.53. The van der Waals surface area contributed by atoms with Crippen molar-refractivity contribution in [3.05, 3.63) is 113 Å². The lowest BCUT2D eigenvalue weighted by Crippen LogP contribution is -2.48. The summed E-state index contributed by atoms with van der Waals surface area (Å²) in [5.74, 6) is -1.08. The summed E-state index contributed by atoms with van der Waals surface area (Å²) in [4.78, 5) is 27.3. The third kappa shape index (κ3) is 2.50. The molecule has 27 heavy (non-hydrogen) atoms. The molecule has 1 atom stereocenters. The standard InChI is InChI=1S/C23H17NO3/c1-2-16-13-14-19-20(15-16)23(27,18-11-7-4-8-12-18)24(22(19)26)21(25)17-9-5-3-6-10-17/h2-15,27H,1H2. The van der Waals surface area contributed by atoms with Gasteiger partial charge in [-0.25, -0.2) is 4.90 Å². The van der Waals surface area contributed by atoms with E-state index in [1.54, 1.807) is 78.9 Å². The van der Waals surface area contributed by atoms with Gasteiger partial charge < -0.3 is 5.11 Å². The molecule has 1 aliphatic heterocycles. The highest BCUT2D eigenvalue weighted by atomic mass is 16.3. The van der Waals surface area contributed by atoms with Gasteiger partial charge in [-0.2, -0.15) is 0 Å². The smallest absolute Gasteiger partial charge is 0.264 e. The normalized spacial score (nSPS) is 18.3. The highest BCUT2D eigenvalue weighted by molar-refractivity contribution is 6.14. The molecule has 1 heterocycles. The van der Waals surface area contributed by atoms with E-state index in [4.69, 9.17) is 0 Å². The molecule has 3 aromatic rings. The summed E-state index contributed by atoms with van der Waals surface area (Å²) >= 11 is 0. The minimum Gasteiger partial charge on any atom is -0.363 e. The Labute approximate surface area is 157 Å². The third-order valence-electron chi connectivity index (χ3n) is 4.81. The van der Waals surface area contributed by atoms with Gasteiger partial charge in [-0.1, -0.05) is 67.3 Å². The number of imide groups is 1. The Morgan fingerprint density at radius 2 is 1.59 bits per heavy atom. The van der Waals surface area contributed by atoms with Crippen molar-refractivity contribution in [2.24, 2.45) is 0 Å². The van der Waals surface area contributed by atoms with E-state index in [2.05, 4.69) is 6.58 Å². The highest BCUT2D eigenvalue weighted by Crippen LogP contribution is 2.43. The SMILES string of the molecule is C=Cc1ccc2c(c1)C(O)(c1ccccc1)N(C(=O)c1ccccc1)C2=O. The van der Waals surface area contributed by atoms with Crippen molar-refractivity contribution < 1.29 is 14.7 Å². The Bertz CT molecular complexity index is 1040. The molecule has 0 aliphatic carbocycles. The summed E-state index contributed by atoms with van der Waals surface area (Å²) in [6.07, 6.45) is 1.64. The Hall–Kier alpha value is -3.50. The maximum Gasteiger partial charge on any atom is 0.264 e. The van der Waals surface area contributed by atoms with Crippen molar-refractivity contribution in [3.63, 3.8) is 0 Å². The molecule has 0 fully saturated rings. The molecule has 0 saturated carbocycles. The van der Waals surface area contributed by atoms with Crippen molar-refractivity contribution in [2.45, 2.75) is 5.72 Å². The number of hydrogen-bond donors (Lipinski definition) is 1. The molecule has 132 valence electrons. The van der Waals surface area contributed by atoms with Gasteiger partial charge in [-0.15, -0.1) is 0 Å². The Balaban J connectivity index is 1.96. The predicted molar refractivity (Wildman–Crippen MR) is 103 cm³/mol. The van der Waals surface area contributed by atoms with Gasteiger partial charge in [0.05, 0.1) is 0 Å². The summed E-state index contributed by atoms with van der Waals surface area (Å²) in [5, 5.41) is 11.7. The molecule has 0 radical (unpaired) electrons. The number of carbonyl (C=O) groups is 2. The van der Waals surface area contributed by atoms with Gasteiger partial charge >= 0.3 is 0 Å². The Kier molecular flexibility index (Phi) is 3.98. The van der Waals surface area contributed by atoms with Crippen LogP contribution in [0, 0.1) is 0 Å². The van der Waals surface area contributed by atoms with Crippen LogP contribution in [0.3, 0.4) is 0 Å². The van der Waals surface area contributed by atoms with Gasteiger partial charge in [0, 0.05) is 22.3 Å². The Morgan fingerprint density at radius 1 is 0.963 bits per heavy atom. The molecule has 0 bridgehead atoms. The number of fused-ring (bicyclic) bond motifs is 1. The largest absolute Gasteiger partial charge is 0.363 e. The molecule has 2 amide bonds. The number of nitrogens with zero attached hydrogens (tertiary/aromatic N) is 1. The van der Waals surface area contributed by atoms with Crippen molar-refractivity contribution in [3.8, 4) is 0 Å². The van der Waals surface area contributed by atoms with Crippen molar-refractivity contribution in [1.82, 2.24) is 4.90 Å². The van der Waals surface area contributed by atoms with Crippen molar-refractivity contribution >= 4 is 17.9 Å². The van der Waals surface area contributed by atoms with E-state index in [1.807, 2.05) is 6.07 Å². The van der Waals surface area contributed by atoms with Crippen LogP contribution >= 0.6 is 0 Å². The van der Waals surface area contributed by atoms with E-state index in [0.717, 1.165) is 10.5 Å². The van der Waals surface area contributed by atoms with Gasteiger partial charge in [0.25, 0.3) is 11.8 Å². The second-order valence-electron chi connectivity index (χ2n) is 6.36. The van der Waals surface area contributed by atoms with Crippen LogP contribution in [0.1, 0.15) is 37.4 Å². The lowest BCUT2D eigenvalue weighted by atomic mass is 9.92. The molecule has 3 aromatic carbocycles. The van der Waals surface area contributed by atoms with Crippen LogP contribution in [0.5, 0.6) is 0 Å². The molecule has 0 spiro atoms. The zero-order valence-corrected chi connectivity index (χ0v) is 14.5. The number of amides is 2. The van der Waals surface area contributed by atoms with Crippen LogP contribution < -0.4 is 0 Å². The molecule has 0 saturated heterocycles. The van der Waals surface area contributed by atoms with Crippen LogP contribution in [0.2, 0.25) is 0 Å². The fraction of sp³-hybridized carbons (Fsp3) is 0.0435. The fourth-order valence-electron chi connectivity index (χ4n) is 3.46. The molecule has 1 unspecified atom stereocenters. The average Bonchev–Trinajstić information content (AvgIpc) is 2.96. The first-order valence-corrected chi connectivity index (χ1v) is 8.56. The Morgan fingerprint density at radius 3 is 2.22 bits per heavy atom. The molecular weight excluding hydrogens is 338 g/mol. The molecule has 4 heteroatoms. The summed E-state index contributed by atoms with van der Waals surface area (Å²) in [7, 11) is 0. The van der Waals surface area contributed by atoms with Gasteiger partial charge in [0.15, 0.2) is 0 Å². The quantitative estimate of drug-likeness (QED) is 0.727. The van der Waals surface area contributed by atoms with E-state index in [-0.39, 0.29) is 0 Å². The second kappa shape index (κ2) is 6.34. The van der Waals surface area contributed by atoms with Gasteiger partial charge in [0.2, 0.25) is 5.72 Å². The van der Waals surface area contributed by atoms with Gasteiger partial charge in [-0.05, 0) is 29.8 Å². The number of rotatable bonds is 3. The zero-order chi connectivity index (χ0) is 19.0. The zero-order valence-electron chi connectivity index (χ0n) is 14.5. The van der Waals surface area contributed by atoms with E-state index in [9.17, 15) is 14.7 Å². The first kappa shape index (κ1) is 16.9. The monoisotopic (exact) mass is 355 g/mol. The maximum absolute atomic E-state index is 13.2. The number of aliphatic hydroxyl groups is 1.